The van der Waals surface area contributed by atoms with Gasteiger partial charge in [0, 0.05) is 6.42 Å². The average molecular weight is 312 g/mol. The van der Waals surface area contributed by atoms with Crippen LogP contribution in [0.15, 0.2) is 83.9 Å². The van der Waals surface area contributed by atoms with Gasteiger partial charge in [0.05, 0.1) is 23.1 Å². The van der Waals surface area contributed by atoms with Crippen molar-refractivity contribution in [3.63, 3.8) is 0 Å². The van der Waals surface area contributed by atoms with Gasteiger partial charge < -0.3 is 5.32 Å². The molecular weight excluding hydrogens is 292 g/mol. The largest absolute Gasteiger partial charge is 0.376 e. The fraction of sp³-hybridized carbons (Fsp3) is 0.136. The summed E-state index contributed by atoms with van der Waals surface area (Å²) in [6.07, 6.45) is 0.863. The number of nitrogens with zero attached hydrogens (tertiary/aromatic N) is 1. The Bertz CT molecular complexity index is 864. The second-order valence-corrected chi connectivity index (χ2v) is 6.25. The molecule has 0 radical (unpaired) electrons. The van der Waals surface area contributed by atoms with Gasteiger partial charge in [0.25, 0.3) is 0 Å². The van der Waals surface area contributed by atoms with Gasteiger partial charge in [0.2, 0.25) is 0 Å². The van der Waals surface area contributed by atoms with E-state index in [0.717, 1.165) is 23.5 Å². The topological polar surface area (TPSA) is 24.4 Å². The first-order valence-corrected chi connectivity index (χ1v) is 8.35. The predicted molar refractivity (Wildman–Crippen MR) is 101 cm³/mol. The third-order valence-electron chi connectivity index (χ3n) is 4.47. The Labute approximate surface area is 142 Å². The van der Waals surface area contributed by atoms with Crippen molar-refractivity contribution in [3.05, 3.63) is 95.6 Å². The highest BCUT2D eigenvalue weighted by atomic mass is 15.0. The van der Waals surface area contributed by atoms with Crippen molar-refractivity contribution in [1.82, 2.24) is 0 Å². The molecule has 24 heavy (non-hydrogen) atoms. The van der Waals surface area contributed by atoms with Crippen LogP contribution in [-0.2, 0) is 0 Å². The van der Waals surface area contributed by atoms with Crippen molar-refractivity contribution in [2.45, 2.75) is 19.4 Å². The van der Waals surface area contributed by atoms with Crippen LogP contribution in [0, 0.1) is 6.92 Å². The SMILES string of the molecule is Cc1ccc(C2=Nc3ccccc3NC(c3ccccc3)C2)cc1. The molecule has 0 bridgehead atoms. The van der Waals surface area contributed by atoms with Gasteiger partial charge in [-0.15, -0.1) is 0 Å². The third-order valence-corrected chi connectivity index (χ3v) is 4.47. The Balaban J connectivity index is 1.80. The first-order valence-electron chi connectivity index (χ1n) is 8.35. The van der Waals surface area contributed by atoms with E-state index in [9.17, 15) is 0 Å². The van der Waals surface area contributed by atoms with Crippen LogP contribution in [0.4, 0.5) is 11.4 Å². The Kier molecular flexibility index (Phi) is 3.87. The van der Waals surface area contributed by atoms with Crippen molar-refractivity contribution in [1.29, 1.82) is 0 Å². The smallest absolute Gasteiger partial charge is 0.0864 e. The summed E-state index contributed by atoms with van der Waals surface area (Å²) in [6, 6.07) is 27.7. The molecule has 0 fully saturated rings. The zero-order chi connectivity index (χ0) is 16.4. The number of aliphatic imine (C=N–C) groups is 1. The molecule has 1 aliphatic heterocycles. The summed E-state index contributed by atoms with van der Waals surface area (Å²) in [4.78, 5) is 4.97. The highest BCUT2D eigenvalue weighted by Gasteiger charge is 2.20. The van der Waals surface area contributed by atoms with Crippen molar-refractivity contribution < 1.29 is 0 Å². The molecule has 0 aliphatic carbocycles. The van der Waals surface area contributed by atoms with Crippen LogP contribution in [0.5, 0.6) is 0 Å². The van der Waals surface area contributed by atoms with E-state index in [0.29, 0.717) is 0 Å². The first kappa shape index (κ1) is 14.7. The Morgan fingerprint density at radius 3 is 2.33 bits per heavy atom. The lowest BCUT2D eigenvalue weighted by Crippen LogP contribution is -2.14. The van der Waals surface area contributed by atoms with Gasteiger partial charge in [-0.2, -0.15) is 0 Å². The number of rotatable bonds is 2. The number of fused-ring (bicyclic) bond motifs is 1. The summed E-state index contributed by atoms with van der Waals surface area (Å²) < 4.78 is 0. The van der Waals surface area contributed by atoms with Crippen LogP contribution < -0.4 is 5.32 Å². The molecule has 3 aromatic rings. The molecular formula is C22H20N2. The van der Waals surface area contributed by atoms with Gasteiger partial charge in [0.1, 0.15) is 0 Å². The van der Waals surface area contributed by atoms with Gasteiger partial charge in [0.15, 0.2) is 0 Å². The number of nitrogens with one attached hydrogen (secondary N) is 1. The summed E-state index contributed by atoms with van der Waals surface area (Å²) in [5.74, 6) is 0. The number of hydrogen-bond acceptors (Lipinski definition) is 2. The molecule has 1 atom stereocenters. The molecule has 0 spiro atoms. The molecule has 3 aromatic carbocycles. The monoisotopic (exact) mass is 312 g/mol. The van der Waals surface area contributed by atoms with E-state index in [1.165, 1.54) is 16.7 Å². The molecule has 0 aromatic heterocycles. The lowest BCUT2D eigenvalue weighted by molar-refractivity contribution is 0.828. The van der Waals surface area contributed by atoms with Crippen LogP contribution in [0.3, 0.4) is 0 Å². The van der Waals surface area contributed by atoms with Gasteiger partial charge in [-0.1, -0.05) is 72.3 Å². The maximum atomic E-state index is 4.97. The van der Waals surface area contributed by atoms with Gasteiger partial charge in [-0.05, 0) is 30.2 Å². The standard InChI is InChI=1S/C22H20N2/c1-16-11-13-18(14-12-16)22-15-21(17-7-3-2-4-8-17)23-19-9-5-6-10-20(19)24-22/h2-14,21,23H,15H2,1H3. The molecule has 1 N–H and O–H groups in total. The minimum atomic E-state index is 0.218. The average Bonchev–Trinajstić information content (AvgIpc) is 2.83. The maximum absolute atomic E-state index is 4.97. The van der Waals surface area contributed by atoms with E-state index in [1.54, 1.807) is 0 Å². The minimum Gasteiger partial charge on any atom is -0.376 e. The molecule has 118 valence electrons. The molecule has 0 saturated carbocycles. The van der Waals surface area contributed by atoms with Crippen molar-refractivity contribution in [2.24, 2.45) is 4.99 Å². The lowest BCUT2D eigenvalue weighted by atomic mass is 9.97. The van der Waals surface area contributed by atoms with Crippen molar-refractivity contribution >= 4 is 17.1 Å². The number of benzene rings is 3. The number of hydrogen-bond donors (Lipinski definition) is 1. The van der Waals surface area contributed by atoms with Crippen LogP contribution in [0.2, 0.25) is 0 Å². The van der Waals surface area contributed by atoms with Crippen molar-refractivity contribution in [2.75, 3.05) is 5.32 Å². The van der Waals surface area contributed by atoms with E-state index in [-0.39, 0.29) is 6.04 Å². The molecule has 2 heteroatoms. The Hall–Kier alpha value is -2.87. The van der Waals surface area contributed by atoms with E-state index in [1.807, 2.05) is 6.07 Å². The summed E-state index contributed by atoms with van der Waals surface area (Å²) >= 11 is 0. The number of anilines is 1. The minimum absolute atomic E-state index is 0.218. The number of aryl methyl sites for hydroxylation is 1. The normalized spacial score (nSPS) is 16.5. The molecule has 2 nitrogen and oxygen atoms in total. The highest BCUT2D eigenvalue weighted by molar-refractivity contribution is 6.04. The first-order chi connectivity index (χ1) is 11.8. The third kappa shape index (κ3) is 2.95. The van der Waals surface area contributed by atoms with Gasteiger partial charge in [-0.3, -0.25) is 4.99 Å². The molecule has 0 saturated heterocycles. The molecule has 1 unspecified atom stereocenters. The predicted octanol–water partition coefficient (Wildman–Crippen LogP) is 5.67. The Morgan fingerprint density at radius 1 is 0.833 bits per heavy atom. The highest BCUT2D eigenvalue weighted by Crippen LogP contribution is 2.35. The Morgan fingerprint density at radius 2 is 1.54 bits per heavy atom. The second kappa shape index (κ2) is 6.32. The van der Waals surface area contributed by atoms with Crippen molar-refractivity contribution in [3.8, 4) is 0 Å². The summed E-state index contributed by atoms with van der Waals surface area (Å²) in [5.41, 5.74) is 6.97. The molecule has 4 rings (SSSR count). The van der Waals surface area contributed by atoms with Crippen LogP contribution in [0.1, 0.15) is 29.2 Å². The molecule has 0 amide bonds. The van der Waals surface area contributed by atoms with E-state index in [4.69, 9.17) is 4.99 Å². The van der Waals surface area contributed by atoms with Gasteiger partial charge >= 0.3 is 0 Å². The summed E-state index contributed by atoms with van der Waals surface area (Å²) in [7, 11) is 0. The van der Waals surface area contributed by atoms with E-state index >= 15 is 0 Å². The lowest BCUT2D eigenvalue weighted by Gasteiger charge is -2.19. The van der Waals surface area contributed by atoms with Crippen LogP contribution >= 0.6 is 0 Å². The van der Waals surface area contributed by atoms with Gasteiger partial charge in [-0.25, -0.2) is 0 Å². The van der Waals surface area contributed by atoms with E-state index < -0.39 is 0 Å². The molecule has 1 heterocycles. The van der Waals surface area contributed by atoms with Crippen LogP contribution in [-0.4, -0.2) is 5.71 Å². The van der Waals surface area contributed by atoms with Crippen LogP contribution in [0.25, 0.3) is 0 Å². The fourth-order valence-electron chi connectivity index (χ4n) is 3.13. The van der Waals surface area contributed by atoms with E-state index in [2.05, 4.69) is 85.0 Å². The summed E-state index contributed by atoms with van der Waals surface area (Å²) in [5, 5.41) is 3.67. The maximum Gasteiger partial charge on any atom is 0.0864 e. The summed E-state index contributed by atoms with van der Waals surface area (Å²) in [6.45, 7) is 2.11. The second-order valence-electron chi connectivity index (χ2n) is 6.25. The quantitative estimate of drug-likeness (QED) is 0.647. The number of para-hydroxylation sites is 2. The zero-order valence-electron chi connectivity index (χ0n) is 13.7. The molecule has 1 aliphatic rings. The fourth-order valence-corrected chi connectivity index (χ4v) is 3.13. The zero-order valence-corrected chi connectivity index (χ0v) is 13.7.